The maximum atomic E-state index is 12.1. The highest BCUT2D eigenvalue weighted by atomic mass is 35.5. The van der Waals surface area contributed by atoms with Gasteiger partial charge in [-0.3, -0.25) is 4.79 Å². The van der Waals surface area contributed by atoms with Gasteiger partial charge < -0.3 is 11.1 Å². The average molecular weight is 326 g/mol. The van der Waals surface area contributed by atoms with Gasteiger partial charge in [-0.05, 0) is 31.0 Å². The summed E-state index contributed by atoms with van der Waals surface area (Å²) in [5, 5.41) is 6.05. The fourth-order valence-corrected chi connectivity index (χ4v) is 2.67. The van der Waals surface area contributed by atoms with E-state index in [1.807, 2.05) is 24.4 Å². The highest BCUT2D eigenvalue weighted by molar-refractivity contribution is 7.09. The van der Waals surface area contributed by atoms with Crippen molar-refractivity contribution in [2.24, 2.45) is 5.73 Å². The number of nitrogens with zero attached hydrogens (tertiary/aromatic N) is 1. The minimum Gasteiger partial charge on any atom is -0.344 e. The van der Waals surface area contributed by atoms with Gasteiger partial charge >= 0.3 is 0 Å². The van der Waals surface area contributed by atoms with Crippen molar-refractivity contribution >= 4 is 29.7 Å². The van der Waals surface area contributed by atoms with E-state index in [-0.39, 0.29) is 24.4 Å². The number of hydrogen-bond donors (Lipinski definition) is 2. The minimum atomic E-state index is -0.0906. The molecule has 1 unspecified atom stereocenters. The van der Waals surface area contributed by atoms with E-state index in [0.29, 0.717) is 12.1 Å². The standard InChI is InChI=1S/C15H19N3OS.ClH/c1-3-14-18-13(9-20-14)10(2)17-15(19)12-6-4-11(8-16)5-7-12;/h4-7,9-10H,3,8,16H2,1-2H3,(H,17,19);1H. The molecule has 2 aromatic rings. The van der Waals surface area contributed by atoms with Gasteiger partial charge in [-0.25, -0.2) is 4.98 Å². The molecule has 0 spiro atoms. The van der Waals surface area contributed by atoms with Gasteiger partial charge in [-0.2, -0.15) is 0 Å². The molecule has 6 heteroatoms. The van der Waals surface area contributed by atoms with Crippen LogP contribution in [-0.4, -0.2) is 10.9 Å². The second kappa shape index (κ2) is 8.12. The fraction of sp³-hybridized carbons (Fsp3) is 0.333. The Hall–Kier alpha value is -1.43. The largest absolute Gasteiger partial charge is 0.344 e. The Kier molecular flexibility index (Phi) is 6.81. The summed E-state index contributed by atoms with van der Waals surface area (Å²) >= 11 is 1.63. The summed E-state index contributed by atoms with van der Waals surface area (Å²) in [6, 6.07) is 7.24. The summed E-state index contributed by atoms with van der Waals surface area (Å²) < 4.78 is 0. The zero-order valence-electron chi connectivity index (χ0n) is 12.1. The van der Waals surface area contributed by atoms with Gasteiger partial charge in [0, 0.05) is 17.5 Å². The van der Waals surface area contributed by atoms with Crippen molar-refractivity contribution in [1.29, 1.82) is 0 Å². The van der Waals surface area contributed by atoms with Gasteiger partial charge in [0.1, 0.15) is 0 Å². The number of thiazole rings is 1. The molecular weight excluding hydrogens is 306 g/mol. The van der Waals surface area contributed by atoms with E-state index >= 15 is 0 Å². The lowest BCUT2D eigenvalue weighted by Crippen LogP contribution is -2.26. The number of carbonyl (C=O) groups is 1. The summed E-state index contributed by atoms with van der Waals surface area (Å²) in [5.74, 6) is -0.0906. The molecule has 21 heavy (non-hydrogen) atoms. The van der Waals surface area contributed by atoms with E-state index in [9.17, 15) is 4.79 Å². The van der Waals surface area contributed by atoms with Gasteiger partial charge in [0.25, 0.3) is 5.91 Å². The number of halogens is 1. The Balaban J connectivity index is 0.00000220. The van der Waals surface area contributed by atoms with Crippen LogP contribution in [0, 0.1) is 0 Å². The van der Waals surface area contributed by atoms with E-state index in [1.54, 1.807) is 23.5 Å². The number of aryl methyl sites for hydroxylation is 1. The Bertz CT molecular complexity index is 583. The maximum absolute atomic E-state index is 12.1. The lowest BCUT2D eigenvalue weighted by molar-refractivity contribution is 0.0939. The average Bonchev–Trinajstić information content (AvgIpc) is 2.96. The first-order valence-electron chi connectivity index (χ1n) is 6.68. The lowest BCUT2D eigenvalue weighted by Gasteiger charge is -2.11. The van der Waals surface area contributed by atoms with Crippen LogP contribution in [0.15, 0.2) is 29.6 Å². The number of amides is 1. The summed E-state index contributed by atoms with van der Waals surface area (Å²) in [6.07, 6.45) is 0.923. The number of nitrogens with two attached hydrogens (primary N) is 1. The maximum Gasteiger partial charge on any atom is 0.251 e. The summed E-state index contributed by atoms with van der Waals surface area (Å²) in [5.41, 5.74) is 8.11. The fourth-order valence-electron chi connectivity index (χ4n) is 1.83. The SMILES string of the molecule is CCc1nc(C(C)NC(=O)c2ccc(CN)cc2)cs1.Cl. The molecule has 0 bridgehead atoms. The smallest absolute Gasteiger partial charge is 0.251 e. The predicted octanol–water partition coefficient (Wildman–Crippen LogP) is 3.08. The molecule has 0 saturated carbocycles. The van der Waals surface area contributed by atoms with Crippen LogP contribution in [0.3, 0.4) is 0 Å². The molecule has 2 rings (SSSR count). The van der Waals surface area contributed by atoms with Crippen LogP contribution >= 0.6 is 23.7 Å². The van der Waals surface area contributed by atoms with Crippen molar-refractivity contribution in [2.45, 2.75) is 32.9 Å². The highest BCUT2D eigenvalue weighted by Crippen LogP contribution is 2.17. The lowest BCUT2D eigenvalue weighted by atomic mass is 10.1. The van der Waals surface area contributed by atoms with Crippen molar-refractivity contribution in [2.75, 3.05) is 0 Å². The molecule has 3 N–H and O–H groups in total. The molecule has 0 aliphatic heterocycles. The van der Waals surface area contributed by atoms with Crippen LogP contribution in [0.25, 0.3) is 0 Å². The predicted molar refractivity (Wildman–Crippen MR) is 89.0 cm³/mol. The molecule has 1 aromatic carbocycles. The molecule has 1 heterocycles. The number of hydrogen-bond acceptors (Lipinski definition) is 4. The van der Waals surface area contributed by atoms with E-state index in [2.05, 4.69) is 17.2 Å². The molecule has 0 radical (unpaired) electrons. The Morgan fingerprint density at radius 2 is 2.05 bits per heavy atom. The highest BCUT2D eigenvalue weighted by Gasteiger charge is 2.13. The molecular formula is C15H20ClN3OS. The minimum absolute atomic E-state index is 0. The number of aromatic nitrogens is 1. The molecule has 114 valence electrons. The van der Waals surface area contributed by atoms with Crippen molar-refractivity contribution < 1.29 is 4.79 Å². The number of benzene rings is 1. The van der Waals surface area contributed by atoms with Crippen molar-refractivity contribution in [3.8, 4) is 0 Å². The molecule has 1 atom stereocenters. The third kappa shape index (κ3) is 4.52. The molecule has 4 nitrogen and oxygen atoms in total. The first kappa shape index (κ1) is 17.6. The van der Waals surface area contributed by atoms with Crippen LogP contribution in [0.4, 0.5) is 0 Å². The van der Waals surface area contributed by atoms with Gasteiger partial charge in [0.05, 0.1) is 16.7 Å². The summed E-state index contributed by atoms with van der Waals surface area (Å²) in [7, 11) is 0. The Morgan fingerprint density at radius 3 is 2.57 bits per heavy atom. The number of rotatable bonds is 5. The Labute approximate surface area is 135 Å². The van der Waals surface area contributed by atoms with Gasteiger partial charge in [-0.15, -0.1) is 23.7 Å². The molecule has 1 aromatic heterocycles. The van der Waals surface area contributed by atoms with Crippen LogP contribution in [0.2, 0.25) is 0 Å². The van der Waals surface area contributed by atoms with E-state index in [4.69, 9.17) is 5.73 Å². The topological polar surface area (TPSA) is 68.0 Å². The summed E-state index contributed by atoms with van der Waals surface area (Å²) in [4.78, 5) is 16.6. The van der Waals surface area contributed by atoms with Crippen LogP contribution in [0.1, 0.15) is 46.5 Å². The van der Waals surface area contributed by atoms with Crippen LogP contribution in [-0.2, 0) is 13.0 Å². The van der Waals surface area contributed by atoms with Gasteiger partial charge in [0.2, 0.25) is 0 Å². The third-order valence-corrected chi connectivity index (χ3v) is 4.13. The molecule has 0 fully saturated rings. The quantitative estimate of drug-likeness (QED) is 0.887. The monoisotopic (exact) mass is 325 g/mol. The van der Waals surface area contributed by atoms with E-state index in [0.717, 1.165) is 22.7 Å². The van der Waals surface area contributed by atoms with Crippen LogP contribution < -0.4 is 11.1 Å². The first-order valence-corrected chi connectivity index (χ1v) is 7.56. The molecule has 0 aliphatic rings. The van der Waals surface area contributed by atoms with Crippen molar-refractivity contribution in [3.63, 3.8) is 0 Å². The van der Waals surface area contributed by atoms with Crippen molar-refractivity contribution in [1.82, 2.24) is 10.3 Å². The Morgan fingerprint density at radius 1 is 1.38 bits per heavy atom. The van der Waals surface area contributed by atoms with E-state index < -0.39 is 0 Å². The second-order valence-corrected chi connectivity index (χ2v) is 5.56. The second-order valence-electron chi connectivity index (χ2n) is 4.62. The molecule has 0 aliphatic carbocycles. The number of nitrogens with one attached hydrogen (secondary N) is 1. The van der Waals surface area contributed by atoms with Gasteiger partial charge in [0.15, 0.2) is 0 Å². The normalized spacial score (nSPS) is 11.6. The molecule has 1 amide bonds. The summed E-state index contributed by atoms with van der Waals surface area (Å²) in [6.45, 7) is 4.50. The third-order valence-electron chi connectivity index (χ3n) is 3.12. The first-order chi connectivity index (χ1) is 9.63. The zero-order chi connectivity index (χ0) is 14.5. The van der Waals surface area contributed by atoms with Crippen LogP contribution in [0.5, 0.6) is 0 Å². The zero-order valence-corrected chi connectivity index (χ0v) is 13.8. The molecule has 0 saturated heterocycles. The van der Waals surface area contributed by atoms with E-state index in [1.165, 1.54) is 0 Å². The van der Waals surface area contributed by atoms with Gasteiger partial charge in [-0.1, -0.05) is 19.1 Å². The number of carbonyl (C=O) groups excluding carboxylic acids is 1. The van der Waals surface area contributed by atoms with Crippen molar-refractivity contribution in [3.05, 3.63) is 51.5 Å².